The molecule has 1 rings (SSSR count). The van der Waals surface area contributed by atoms with E-state index >= 15 is 0 Å². The molecule has 0 aliphatic carbocycles. The van der Waals surface area contributed by atoms with Gasteiger partial charge in [-0.2, -0.15) is 0 Å². The number of rotatable bonds is 8. The minimum Gasteiger partial charge on any atom is -0.478 e. The van der Waals surface area contributed by atoms with Gasteiger partial charge in [0, 0.05) is 13.7 Å². The summed E-state index contributed by atoms with van der Waals surface area (Å²) < 4.78 is 10.0. The first-order chi connectivity index (χ1) is 10.0. The van der Waals surface area contributed by atoms with Crippen molar-refractivity contribution in [2.75, 3.05) is 38.8 Å². The SMILES string of the molecule is COCCOCCNC(=O)Nc1ccc(C)cc1C(=O)O. The van der Waals surface area contributed by atoms with Gasteiger partial charge in [0.15, 0.2) is 0 Å². The van der Waals surface area contributed by atoms with Crippen molar-refractivity contribution in [2.45, 2.75) is 6.92 Å². The fraction of sp³-hybridized carbons (Fsp3) is 0.429. The minimum atomic E-state index is -1.09. The second kappa shape index (κ2) is 8.93. The Morgan fingerprint density at radius 3 is 2.67 bits per heavy atom. The normalized spacial score (nSPS) is 10.2. The summed E-state index contributed by atoms with van der Waals surface area (Å²) in [5.41, 5.74) is 1.12. The molecule has 0 aliphatic rings. The summed E-state index contributed by atoms with van der Waals surface area (Å²) in [7, 11) is 1.58. The fourth-order valence-electron chi connectivity index (χ4n) is 1.59. The maximum absolute atomic E-state index is 11.7. The highest BCUT2D eigenvalue weighted by Crippen LogP contribution is 2.17. The summed E-state index contributed by atoms with van der Waals surface area (Å²) in [5.74, 6) is -1.09. The molecule has 3 N–H and O–H groups in total. The van der Waals surface area contributed by atoms with Crippen LogP contribution in [0.4, 0.5) is 10.5 Å². The topological polar surface area (TPSA) is 96.9 Å². The molecule has 7 heteroatoms. The van der Waals surface area contributed by atoms with Gasteiger partial charge in [-0.25, -0.2) is 9.59 Å². The number of aryl methyl sites for hydroxylation is 1. The Hall–Kier alpha value is -2.12. The molecule has 0 aromatic heterocycles. The molecule has 1 aromatic carbocycles. The Balaban J connectivity index is 2.43. The van der Waals surface area contributed by atoms with E-state index in [1.54, 1.807) is 26.2 Å². The van der Waals surface area contributed by atoms with Crippen LogP contribution in [0.2, 0.25) is 0 Å². The summed E-state index contributed by atoms with van der Waals surface area (Å²) in [6.45, 7) is 3.42. The first-order valence-corrected chi connectivity index (χ1v) is 6.50. The maximum atomic E-state index is 11.7. The number of benzene rings is 1. The number of methoxy groups -OCH3 is 1. The van der Waals surface area contributed by atoms with E-state index in [0.29, 0.717) is 26.4 Å². The molecule has 0 fully saturated rings. The molecule has 0 bridgehead atoms. The van der Waals surface area contributed by atoms with Gasteiger partial charge in [0.2, 0.25) is 0 Å². The smallest absolute Gasteiger partial charge is 0.337 e. The van der Waals surface area contributed by atoms with Gasteiger partial charge in [-0.1, -0.05) is 11.6 Å². The largest absolute Gasteiger partial charge is 0.478 e. The molecule has 0 unspecified atom stereocenters. The number of carbonyl (C=O) groups excluding carboxylic acids is 1. The van der Waals surface area contributed by atoms with Crippen LogP contribution in [-0.4, -0.2) is 50.6 Å². The molecule has 0 heterocycles. The maximum Gasteiger partial charge on any atom is 0.337 e. The van der Waals surface area contributed by atoms with Gasteiger partial charge in [0.25, 0.3) is 0 Å². The number of carbonyl (C=O) groups is 2. The Kier molecular flexibility index (Phi) is 7.20. The van der Waals surface area contributed by atoms with E-state index in [9.17, 15) is 9.59 Å². The van der Waals surface area contributed by atoms with Crippen LogP contribution in [0.25, 0.3) is 0 Å². The predicted octanol–water partition coefficient (Wildman–Crippen LogP) is 1.48. The molecule has 1 aromatic rings. The van der Waals surface area contributed by atoms with Crippen molar-refractivity contribution in [3.63, 3.8) is 0 Å². The van der Waals surface area contributed by atoms with Gasteiger partial charge < -0.3 is 25.2 Å². The third-order valence-corrected chi connectivity index (χ3v) is 2.62. The van der Waals surface area contributed by atoms with Gasteiger partial charge in [0.1, 0.15) is 0 Å². The van der Waals surface area contributed by atoms with E-state index in [2.05, 4.69) is 10.6 Å². The number of urea groups is 1. The second-order valence-electron chi connectivity index (χ2n) is 4.34. The van der Waals surface area contributed by atoms with Crippen LogP contribution in [-0.2, 0) is 9.47 Å². The van der Waals surface area contributed by atoms with Crippen LogP contribution >= 0.6 is 0 Å². The van der Waals surface area contributed by atoms with Crippen LogP contribution in [0.15, 0.2) is 18.2 Å². The number of carboxylic acids is 1. The monoisotopic (exact) mass is 296 g/mol. The van der Waals surface area contributed by atoms with E-state index in [1.807, 2.05) is 0 Å². The lowest BCUT2D eigenvalue weighted by atomic mass is 10.1. The van der Waals surface area contributed by atoms with Crippen LogP contribution < -0.4 is 10.6 Å². The summed E-state index contributed by atoms with van der Waals surface area (Å²) in [4.78, 5) is 22.8. The zero-order valence-electron chi connectivity index (χ0n) is 12.1. The number of hydrogen-bond acceptors (Lipinski definition) is 4. The Bertz CT molecular complexity index is 490. The average Bonchev–Trinajstić information content (AvgIpc) is 2.44. The van der Waals surface area contributed by atoms with Crippen molar-refractivity contribution in [1.82, 2.24) is 5.32 Å². The van der Waals surface area contributed by atoms with E-state index < -0.39 is 12.0 Å². The lowest BCUT2D eigenvalue weighted by molar-refractivity contribution is 0.0698. The summed E-state index contributed by atoms with van der Waals surface area (Å²) in [5, 5.41) is 14.2. The van der Waals surface area contributed by atoms with Crippen molar-refractivity contribution in [2.24, 2.45) is 0 Å². The van der Waals surface area contributed by atoms with Gasteiger partial charge in [-0.15, -0.1) is 0 Å². The Morgan fingerprint density at radius 1 is 1.24 bits per heavy atom. The van der Waals surface area contributed by atoms with Crippen molar-refractivity contribution in [3.8, 4) is 0 Å². The first-order valence-electron chi connectivity index (χ1n) is 6.50. The zero-order valence-corrected chi connectivity index (χ0v) is 12.1. The number of hydrogen-bond donors (Lipinski definition) is 3. The lowest BCUT2D eigenvalue weighted by Crippen LogP contribution is -2.32. The number of aromatic carboxylic acids is 1. The average molecular weight is 296 g/mol. The lowest BCUT2D eigenvalue weighted by Gasteiger charge is -2.10. The summed E-state index contributed by atoms with van der Waals surface area (Å²) >= 11 is 0. The van der Waals surface area contributed by atoms with Crippen molar-refractivity contribution < 1.29 is 24.2 Å². The van der Waals surface area contributed by atoms with Crippen LogP contribution in [0.1, 0.15) is 15.9 Å². The van der Waals surface area contributed by atoms with Crippen LogP contribution in [0.5, 0.6) is 0 Å². The Labute approximate surface area is 123 Å². The first kappa shape index (κ1) is 16.9. The zero-order chi connectivity index (χ0) is 15.7. The third kappa shape index (κ3) is 6.24. The molecule has 21 heavy (non-hydrogen) atoms. The molecule has 0 aliphatic heterocycles. The molecular formula is C14H20N2O5. The van der Waals surface area contributed by atoms with E-state index in [1.165, 1.54) is 6.07 Å². The van der Waals surface area contributed by atoms with Gasteiger partial charge >= 0.3 is 12.0 Å². The number of amides is 2. The minimum absolute atomic E-state index is 0.0569. The number of anilines is 1. The number of carboxylic acid groups (broad SMARTS) is 1. The predicted molar refractivity (Wildman–Crippen MR) is 77.9 cm³/mol. The molecule has 0 saturated carbocycles. The highest BCUT2D eigenvalue weighted by molar-refractivity contribution is 6.00. The van der Waals surface area contributed by atoms with Gasteiger partial charge in [-0.3, -0.25) is 0 Å². The van der Waals surface area contributed by atoms with Crippen molar-refractivity contribution in [3.05, 3.63) is 29.3 Å². The number of ether oxygens (including phenoxy) is 2. The van der Waals surface area contributed by atoms with Crippen molar-refractivity contribution >= 4 is 17.7 Å². The van der Waals surface area contributed by atoms with Gasteiger partial charge in [0.05, 0.1) is 31.1 Å². The Morgan fingerprint density at radius 2 is 2.00 bits per heavy atom. The van der Waals surface area contributed by atoms with Crippen LogP contribution in [0, 0.1) is 6.92 Å². The summed E-state index contributed by atoms with van der Waals surface area (Å²) in [6, 6.07) is 4.33. The quantitative estimate of drug-likeness (QED) is 0.631. The van der Waals surface area contributed by atoms with Gasteiger partial charge in [-0.05, 0) is 19.1 Å². The van der Waals surface area contributed by atoms with Crippen LogP contribution in [0.3, 0.4) is 0 Å². The molecule has 0 atom stereocenters. The highest BCUT2D eigenvalue weighted by Gasteiger charge is 2.12. The second-order valence-corrected chi connectivity index (χ2v) is 4.34. The molecule has 7 nitrogen and oxygen atoms in total. The molecular weight excluding hydrogens is 276 g/mol. The molecule has 0 saturated heterocycles. The summed E-state index contributed by atoms with van der Waals surface area (Å²) in [6.07, 6.45) is 0. The molecule has 0 spiro atoms. The highest BCUT2D eigenvalue weighted by atomic mass is 16.5. The third-order valence-electron chi connectivity index (χ3n) is 2.62. The fourth-order valence-corrected chi connectivity index (χ4v) is 1.59. The number of nitrogens with one attached hydrogen (secondary N) is 2. The molecule has 2 amide bonds. The van der Waals surface area contributed by atoms with Crippen molar-refractivity contribution in [1.29, 1.82) is 0 Å². The van der Waals surface area contributed by atoms with E-state index in [-0.39, 0.29) is 11.3 Å². The molecule has 0 radical (unpaired) electrons. The molecule has 116 valence electrons. The van der Waals surface area contributed by atoms with E-state index in [0.717, 1.165) is 5.56 Å². The van der Waals surface area contributed by atoms with E-state index in [4.69, 9.17) is 14.6 Å². The standard InChI is InChI=1S/C14H20N2O5/c1-10-3-4-12(11(9-10)13(17)18)16-14(19)15-5-6-21-8-7-20-2/h3-4,9H,5-8H2,1-2H3,(H,17,18)(H2,15,16,19).